The van der Waals surface area contributed by atoms with E-state index in [0.717, 1.165) is 29.2 Å². The van der Waals surface area contributed by atoms with E-state index < -0.39 is 0 Å². The quantitative estimate of drug-likeness (QED) is 0.728. The first-order valence-corrected chi connectivity index (χ1v) is 8.72. The summed E-state index contributed by atoms with van der Waals surface area (Å²) in [5.41, 5.74) is 2.04. The molecule has 5 nitrogen and oxygen atoms in total. The highest BCUT2D eigenvalue weighted by atomic mass is 16.5. The summed E-state index contributed by atoms with van der Waals surface area (Å²) >= 11 is 0. The lowest BCUT2D eigenvalue weighted by molar-refractivity contribution is -0.135. The lowest BCUT2D eigenvalue weighted by Gasteiger charge is -2.36. The standard InChI is InChI=1S/C21H21N3O2/c1-26-19-10-6-5-9-17(19)13-21(25)24-15-20-22-11-12-23(20)14-18(24)16-7-3-2-4-8-16/h2-12,18H,13-15H2,1H3/t18-/m0/s1. The number of carbonyl (C=O) groups is 1. The Labute approximate surface area is 152 Å². The summed E-state index contributed by atoms with van der Waals surface area (Å²) in [5.74, 6) is 1.75. The van der Waals surface area contributed by atoms with Crippen LogP contribution < -0.4 is 4.74 Å². The SMILES string of the molecule is COc1ccccc1CC(=O)N1Cc2nccn2C[C@H]1c1ccccc1. The van der Waals surface area contributed by atoms with E-state index in [4.69, 9.17) is 4.74 Å². The average molecular weight is 347 g/mol. The second kappa shape index (κ2) is 7.04. The third-order valence-electron chi connectivity index (χ3n) is 4.90. The summed E-state index contributed by atoms with van der Waals surface area (Å²) in [4.78, 5) is 19.5. The molecule has 0 saturated heterocycles. The monoisotopic (exact) mass is 347 g/mol. The van der Waals surface area contributed by atoms with Crippen LogP contribution in [0.4, 0.5) is 0 Å². The Balaban J connectivity index is 1.64. The highest BCUT2D eigenvalue weighted by molar-refractivity contribution is 5.80. The van der Waals surface area contributed by atoms with Gasteiger partial charge in [-0.25, -0.2) is 4.98 Å². The first-order chi connectivity index (χ1) is 12.8. The Morgan fingerprint density at radius 2 is 1.92 bits per heavy atom. The van der Waals surface area contributed by atoms with Crippen LogP contribution in [0.15, 0.2) is 67.0 Å². The molecule has 0 radical (unpaired) electrons. The van der Waals surface area contributed by atoms with Gasteiger partial charge in [0.1, 0.15) is 11.6 Å². The topological polar surface area (TPSA) is 47.4 Å². The number of nitrogens with zero attached hydrogens (tertiary/aromatic N) is 3. The fourth-order valence-corrected chi connectivity index (χ4v) is 3.54. The Kier molecular flexibility index (Phi) is 4.44. The first-order valence-electron chi connectivity index (χ1n) is 8.72. The maximum atomic E-state index is 13.2. The van der Waals surface area contributed by atoms with E-state index in [1.165, 1.54) is 0 Å². The van der Waals surface area contributed by atoms with Gasteiger partial charge in [0.2, 0.25) is 5.91 Å². The van der Waals surface area contributed by atoms with Crippen LogP contribution in [0.25, 0.3) is 0 Å². The summed E-state index contributed by atoms with van der Waals surface area (Å²) < 4.78 is 7.53. The highest BCUT2D eigenvalue weighted by Crippen LogP contribution is 2.30. The summed E-state index contributed by atoms with van der Waals surface area (Å²) in [6, 6.07) is 17.9. The molecule has 26 heavy (non-hydrogen) atoms. The van der Waals surface area contributed by atoms with E-state index in [0.29, 0.717) is 13.0 Å². The predicted molar refractivity (Wildman–Crippen MR) is 98.7 cm³/mol. The average Bonchev–Trinajstić information content (AvgIpc) is 3.15. The number of aromatic nitrogens is 2. The molecule has 0 spiro atoms. The number of fused-ring (bicyclic) bond motifs is 1. The smallest absolute Gasteiger partial charge is 0.228 e. The molecule has 1 aliphatic rings. The Bertz CT molecular complexity index is 904. The molecule has 1 aromatic heterocycles. The van der Waals surface area contributed by atoms with Crippen LogP contribution in [0.3, 0.4) is 0 Å². The minimum absolute atomic E-state index is 0.0000992. The molecule has 0 saturated carbocycles. The number of methoxy groups -OCH3 is 1. The van der Waals surface area contributed by atoms with Gasteiger partial charge in [0.25, 0.3) is 0 Å². The summed E-state index contributed by atoms with van der Waals surface area (Å²) in [6.45, 7) is 1.23. The van der Waals surface area contributed by atoms with Crippen molar-refractivity contribution in [3.05, 3.63) is 83.9 Å². The van der Waals surface area contributed by atoms with Gasteiger partial charge in [0.15, 0.2) is 0 Å². The third kappa shape index (κ3) is 3.08. The van der Waals surface area contributed by atoms with Crippen LogP contribution in [0.5, 0.6) is 5.75 Å². The molecule has 1 aliphatic heterocycles. The van der Waals surface area contributed by atoms with E-state index in [1.807, 2.05) is 53.6 Å². The molecule has 4 rings (SSSR count). The van der Waals surface area contributed by atoms with Crippen LogP contribution in [0.2, 0.25) is 0 Å². The van der Waals surface area contributed by atoms with Crippen molar-refractivity contribution >= 4 is 5.91 Å². The number of carbonyl (C=O) groups excluding carboxylic acids is 1. The maximum Gasteiger partial charge on any atom is 0.228 e. The number of imidazole rings is 1. The third-order valence-corrected chi connectivity index (χ3v) is 4.90. The molecular weight excluding hydrogens is 326 g/mol. The Morgan fingerprint density at radius 3 is 2.73 bits per heavy atom. The zero-order valence-electron chi connectivity index (χ0n) is 14.7. The molecule has 132 valence electrons. The van der Waals surface area contributed by atoms with Crippen molar-refractivity contribution in [2.75, 3.05) is 7.11 Å². The van der Waals surface area contributed by atoms with E-state index >= 15 is 0 Å². The van der Waals surface area contributed by atoms with Gasteiger partial charge in [-0.1, -0.05) is 48.5 Å². The van der Waals surface area contributed by atoms with Gasteiger partial charge < -0.3 is 14.2 Å². The number of amides is 1. The fraction of sp³-hybridized carbons (Fsp3) is 0.238. The van der Waals surface area contributed by atoms with Crippen molar-refractivity contribution in [3.8, 4) is 5.75 Å². The maximum absolute atomic E-state index is 13.2. The molecule has 0 N–H and O–H groups in total. The van der Waals surface area contributed by atoms with Gasteiger partial charge in [-0.15, -0.1) is 0 Å². The molecule has 2 heterocycles. The molecule has 2 aromatic carbocycles. The molecule has 3 aromatic rings. The van der Waals surface area contributed by atoms with Gasteiger partial charge in [0.05, 0.1) is 26.1 Å². The van der Waals surface area contributed by atoms with Gasteiger partial charge in [-0.05, 0) is 11.6 Å². The Morgan fingerprint density at radius 1 is 1.15 bits per heavy atom. The molecule has 1 amide bonds. The van der Waals surface area contributed by atoms with Gasteiger partial charge in [-0.3, -0.25) is 4.79 Å². The van der Waals surface area contributed by atoms with E-state index in [9.17, 15) is 4.79 Å². The fourth-order valence-electron chi connectivity index (χ4n) is 3.54. The number of hydrogen-bond acceptors (Lipinski definition) is 3. The summed E-state index contributed by atoms with van der Waals surface area (Å²) in [6.07, 6.45) is 4.09. The number of para-hydroxylation sites is 1. The lowest BCUT2D eigenvalue weighted by atomic mass is 10.0. The second-order valence-corrected chi connectivity index (χ2v) is 6.43. The van der Waals surface area contributed by atoms with Crippen LogP contribution in [-0.2, 0) is 24.3 Å². The highest BCUT2D eigenvalue weighted by Gasteiger charge is 2.31. The van der Waals surface area contributed by atoms with Crippen molar-refractivity contribution in [3.63, 3.8) is 0 Å². The molecule has 0 aliphatic carbocycles. The van der Waals surface area contributed by atoms with Crippen molar-refractivity contribution in [1.82, 2.24) is 14.5 Å². The van der Waals surface area contributed by atoms with Crippen molar-refractivity contribution in [2.45, 2.75) is 25.6 Å². The minimum Gasteiger partial charge on any atom is -0.496 e. The number of hydrogen-bond donors (Lipinski definition) is 0. The second-order valence-electron chi connectivity index (χ2n) is 6.43. The largest absolute Gasteiger partial charge is 0.496 e. The van der Waals surface area contributed by atoms with Crippen LogP contribution in [-0.4, -0.2) is 27.5 Å². The zero-order chi connectivity index (χ0) is 17.9. The molecular formula is C21H21N3O2. The number of ether oxygens (including phenoxy) is 1. The van der Waals surface area contributed by atoms with Gasteiger partial charge in [-0.2, -0.15) is 0 Å². The van der Waals surface area contributed by atoms with Crippen LogP contribution >= 0.6 is 0 Å². The first kappa shape index (κ1) is 16.4. The van der Waals surface area contributed by atoms with Crippen LogP contribution in [0.1, 0.15) is 23.0 Å². The molecule has 0 unspecified atom stereocenters. The van der Waals surface area contributed by atoms with Crippen molar-refractivity contribution < 1.29 is 9.53 Å². The van der Waals surface area contributed by atoms with E-state index in [1.54, 1.807) is 13.3 Å². The molecule has 0 bridgehead atoms. The minimum atomic E-state index is 0.0000992. The van der Waals surface area contributed by atoms with E-state index in [2.05, 4.69) is 21.7 Å². The van der Waals surface area contributed by atoms with Gasteiger partial charge >= 0.3 is 0 Å². The van der Waals surface area contributed by atoms with Crippen molar-refractivity contribution in [1.29, 1.82) is 0 Å². The van der Waals surface area contributed by atoms with Crippen molar-refractivity contribution in [2.24, 2.45) is 0 Å². The molecule has 1 atom stereocenters. The number of rotatable bonds is 4. The van der Waals surface area contributed by atoms with E-state index in [-0.39, 0.29) is 11.9 Å². The predicted octanol–water partition coefficient (Wildman–Crippen LogP) is 3.22. The normalized spacial score (nSPS) is 16.2. The molecule has 0 fully saturated rings. The van der Waals surface area contributed by atoms with Crippen LogP contribution in [0, 0.1) is 0 Å². The van der Waals surface area contributed by atoms with Gasteiger partial charge in [0, 0.05) is 24.5 Å². The zero-order valence-corrected chi connectivity index (χ0v) is 14.7. The summed E-state index contributed by atoms with van der Waals surface area (Å²) in [5, 5.41) is 0. The Hall–Kier alpha value is -3.08. The summed E-state index contributed by atoms with van der Waals surface area (Å²) in [7, 11) is 1.63. The molecule has 5 heteroatoms. The number of benzene rings is 2. The lowest BCUT2D eigenvalue weighted by Crippen LogP contribution is -2.41.